The van der Waals surface area contributed by atoms with Crippen molar-refractivity contribution in [3.63, 3.8) is 0 Å². The summed E-state index contributed by atoms with van der Waals surface area (Å²) >= 11 is 0. The number of aromatic nitrogens is 2. The van der Waals surface area contributed by atoms with E-state index in [1.165, 1.54) is 18.0 Å². The minimum absolute atomic E-state index is 0.0182. The lowest BCUT2D eigenvalue weighted by Crippen LogP contribution is -2.54. The van der Waals surface area contributed by atoms with Crippen LogP contribution in [0.1, 0.15) is 94.3 Å². The van der Waals surface area contributed by atoms with Crippen LogP contribution in [0.5, 0.6) is 17.2 Å². The summed E-state index contributed by atoms with van der Waals surface area (Å²) in [6, 6.07) is 20.2. The van der Waals surface area contributed by atoms with Gasteiger partial charge in [-0.05, 0) is 73.4 Å². The number of hydrogen-bond donors (Lipinski definition) is 2. The summed E-state index contributed by atoms with van der Waals surface area (Å²) in [5.74, 6) is -0.678. The van der Waals surface area contributed by atoms with E-state index in [1.807, 2.05) is 36.4 Å². The van der Waals surface area contributed by atoms with E-state index in [0.717, 1.165) is 35.5 Å². The first-order chi connectivity index (χ1) is 25.2. The van der Waals surface area contributed by atoms with Gasteiger partial charge in [-0.25, -0.2) is 14.8 Å². The van der Waals surface area contributed by atoms with Gasteiger partial charge in [0.25, 0.3) is 11.8 Å². The summed E-state index contributed by atoms with van der Waals surface area (Å²) in [5, 5.41) is 5.64. The third kappa shape index (κ3) is 7.07. The minimum atomic E-state index is -0.992. The van der Waals surface area contributed by atoms with Crippen molar-refractivity contribution in [1.82, 2.24) is 20.2 Å². The summed E-state index contributed by atoms with van der Waals surface area (Å²) in [7, 11) is 0. The summed E-state index contributed by atoms with van der Waals surface area (Å²) in [6.07, 6.45) is 5.54. The van der Waals surface area contributed by atoms with Crippen LogP contribution >= 0.6 is 0 Å². The maximum Gasteiger partial charge on any atom is 0.376 e. The van der Waals surface area contributed by atoms with E-state index in [0.29, 0.717) is 17.2 Å². The number of nitrogens with zero attached hydrogens (tertiary/aromatic N) is 3. The van der Waals surface area contributed by atoms with Gasteiger partial charge in [-0.15, -0.1) is 0 Å². The molecule has 7 rings (SSSR count). The number of esters is 1. The summed E-state index contributed by atoms with van der Waals surface area (Å²) in [4.78, 5) is 70.8. The lowest BCUT2D eigenvalue weighted by molar-refractivity contribution is -0.136. The van der Waals surface area contributed by atoms with Crippen LogP contribution in [0.4, 0.5) is 5.69 Å². The molecule has 4 amide bonds. The van der Waals surface area contributed by atoms with Crippen LogP contribution in [-0.4, -0.2) is 69.3 Å². The van der Waals surface area contributed by atoms with Crippen LogP contribution in [0.15, 0.2) is 79.1 Å². The second-order valence-electron chi connectivity index (χ2n) is 12.9. The lowest BCUT2D eigenvalue weighted by atomic mass is 9.88. The highest BCUT2D eigenvalue weighted by molar-refractivity contribution is 6.23. The van der Waals surface area contributed by atoms with Crippen LogP contribution in [0.2, 0.25) is 0 Å². The average Bonchev–Trinajstić information content (AvgIpc) is 3.37. The molecule has 1 aliphatic carbocycles. The smallest absolute Gasteiger partial charge is 0.376 e. The van der Waals surface area contributed by atoms with Crippen molar-refractivity contribution in [3.05, 3.63) is 107 Å². The third-order valence-corrected chi connectivity index (χ3v) is 9.50. The van der Waals surface area contributed by atoms with E-state index < -0.39 is 35.6 Å². The number of benzene rings is 3. The zero-order valence-electron chi connectivity index (χ0n) is 28.7. The molecule has 13 nitrogen and oxygen atoms in total. The fraction of sp³-hybridized carbons (Fsp3) is 0.308. The molecule has 2 atom stereocenters. The molecule has 2 aliphatic heterocycles. The predicted molar refractivity (Wildman–Crippen MR) is 187 cm³/mol. The Morgan fingerprint density at radius 1 is 0.865 bits per heavy atom. The number of hydrogen-bond acceptors (Lipinski definition) is 11. The van der Waals surface area contributed by atoms with Crippen molar-refractivity contribution in [2.75, 3.05) is 11.9 Å². The first-order valence-electron chi connectivity index (χ1n) is 17.4. The fourth-order valence-corrected chi connectivity index (χ4v) is 6.79. The number of imide groups is 2. The van der Waals surface area contributed by atoms with Gasteiger partial charge in [-0.1, -0.05) is 31.2 Å². The Morgan fingerprint density at radius 2 is 1.52 bits per heavy atom. The molecule has 0 bridgehead atoms. The largest absolute Gasteiger partial charge is 0.490 e. The molecule has 13 heteroatoms. The Hall–Kier alpha value is -6.11. The van der Waals surface area contributed by atoms with E-state index in [-0.39, 0.29) is 54.5 Å². The van der Waals surface area contributed by atoms with Gasteiger partial charge >= 0.3 is 5.97 Å². The molecule has 52 heavy (non-hydrogen) atoms. The molecule has 266 valence electrons. The van der Waals surface area contributed by atoms with Crippen molar-refractivity contribution in [2.45, 2.75) is 70.1 Å². The average molecular weight is 704 g/mol. The summed E-state index contributed by atoms with van der Waals surface area (Å²) < 4.78 is 17.0. The molecule has 2 N–H and O–H groups in total. The van der Waals surface area contributed by atoms with Gasteiger partial charge in [-0.2, -0.15) is 0 Å². The highest BCUT2D eigenvalue weighted by Gasteiger charge is 2.44. The van der Waals surface area contributed by atoms with Crippen molar-refractivity contribution < 1.29 is 38.2 Å². The number of fused-ring (bicyclic) bond motifs is 1. The minimum Gasteiger partial charge on any atom is -0.490 e. The molecule has 1 aromatic heterocycles. The number of rotatable bonds is 12. The van der Waals surface area contributed by atoms with Crippen LogP contribution in [0.3, 0.4) is 0 Å². The van der Waals surface area contributed by atoms with Gasteiger partial charge in [0.15, 0.2) is 5.75 Å². The van der Waals surface area contributed by atoms with Crippen LogP contribution in [-0.2, 0) is 14.3 Å². The quantitative estimate of drug-likeness (QED) is 0.143. The van der Waals surface area contributed by atoms with E-state index in [4.69, 9.17) is 14.2 Å². The molecular weight excluding hydrogens is 666 g/mol. The zero-order chi connectivity index (χ0) is 36.4. The third-order valence-electron chi connectivity index (χ3n) is 9.50. The Labute approximate surface area is 299 Å². The maximum absolute atomic E-state index is 13.2. The van der Waals surface area contributed by atoms with E-state index in [1.54, 1.807) is 25.1 Å². The number of anilines is 1. The highest BCUT2D eigenvalue weighted by atomic mass is 16.5. The van der Waals surface area contributed by atoms with Crippen LogP contribution in [0, 0.1) is 0 Å². The monoisotopic (exact) mass is 703 g/mol. The Kier molecular flexibility index (Phi) is 9.66. The zero-order valence-corrected chi connectivity index (χ0v) is 28.7. The van der Waals surface area contributed by atoms with Gasteiger partial charge in [0.05, 0.1) is 30.1 Å². The van der Waals surface area contributed by atoms with E-state index in [9.17, 15) is 24.0 Å². The number of piperidine rings is 1. The van der Waals surface area contributed by atoms with Gasteiger partial charge < -0.3 is 19.5 Å². The molecule has 0 spiro atoms. The highest BCUT2D eigenvalue weighted by Crippen LogP contribution is 2.35. The molecule has 2 fully saturated rings. The molecule has 0 unspecified atom stereocenters. The number of ether oxygens (including phenoxy) is 3. The molecular formula is C39H37N5O8. The molecule has 3 aliphatic rings. The summed E-state index contributed by atoms with van der Waals surface area (Å²) in [5.41, 5.74) is 3.52. The van der Waals surface area contributed by atoms with Crippen molar-refractivity contribution >= 4 is 35.3 Å². The molecule has 1 saturated carbocycles. The normalized spacial score (nSPS) is 20.0. The molecule has 1 saturated heterocycles. The number of carbonyl (C=O) groups excluding carboxylic acids is 5. The Balaban J connectivity index is 0.899. The maximum atomic E-state index is 13.2. The van der Waals surface area contributed by atoms with Gasteiger partial charge in [-0.3, -0.25) is 29.4 Å². The second-order valence-corrected chi connectivity index (χ2v) is 12.9. The first kappa shape index (κ1) is 34.3. The molecule has 0 radical (unpaired) electrons. The lowest BCUT2D eigenvalue weighted by Gasteiger charge is -2.36. The van der Waals surface area contributed by atoms with E-state index in [2.05, 4.69) is 39.7 Å². The number of carbonyl (C=O) groups is 5. The predicted octanol–water partition coefficient (Wildman–Crippen LogP) is 5.41. The Bertz CT molecular complexity index is 2010. The fourth-order valence-electron chi connectivity index (χ4n) is 6.79. The van der Waals surface area contributed by atoms with Crippen LogP contribution in [0.25, 0.3) is 0 Å². The van der Waals surface area contributed by atoms with Crippen LogP contribution < -0.4 is 20.1 Å². The van der Waals surface area contributed by atoms with Crippen molar-refractivity contribution in [1.29, 1.82) is 0 Å². The van der Waals surface area contributed by atoms with Gasteiger partial charge in [0.2, 0.25) is 17.6 Å². The van der Waals surface area contributed by atoms with Gasteiger partial charge in [0.1, 0.15) is 23.6 Å². The SMILES string of the molecule is CCOC(=O)c1ncc(Oc2ccc([C@H](CC)c3ccc(OC4CC(Nc5ccc6c(c5)C(=O)N([C@@H]5CCC(=O)NC5=O)C6=O)C4)cc3)cc2)cn1. The topological polar surface area (TPSA) is 166 Å². The molecule has 3 heterocycles. The second kappa shape index (κ2) is 14.6. The number of amides is 4. The van der Waals surface area contributed by atoms with E-state index >= 15 is 0 Å². The first-order valence-corrected chi connectivity index (χ1v) is 17.4. The standard InChI is InChI=1S/C39H37N5O8/c1-3-30(23-7-12-27(13-8-23)52-29-20-40-35(41-21-29)39(49)50-4-2)22-5-10-26(11-6-22)51-28-17-25(18-28)42-24-9-14-31-32(19-24)38(48)44(37(31)47)33-15-16-34(45)43-36(33)46/h5-14,19-21,25,28,30,33,42H,3-4,15-18H2,1-2H3,(H,43,45,46)/t25?,28?,30-,33-/m1/s1. The Morgan fingerprint density at radius 3 is 2.15 bits per heavy atom. The van der Waals surface area contributed by atoms with Crippen molar-refractivity contribution in [2.24, 2.45) is 0 Å². The summed E-state index contributed by atoms with van der Waals surface area (Å²) in [6.45, 7) is 4.11. The molecule has 3 aromatic carbocycles. The molecule has 4 aromatic rings. The van der Waals surface area contributed by atoms with Crippen molar-refractivity contribution in [3.8, 4) is 17.2 Å². The number of nitrogens with one attached hydrogen (secondary N) is 2. The van der Waals surface area contributed by atoms with Gasteiger partial charge in [0, 0.05) is 36.9 Å².